The van der Waals surface area contributed by atoms with E-state index in [9.17, 15) is 19.8 Å². The van der Waals surface area contributed by atoms with E-state index >= 15 is 0 Å². The first-order valence-electron chi connectivity index (χ1n) is 7.83. The van der Waals surface area contributed by atoms with Gasteiger partial charge in [-0.05, 0) is 30.3 Å². The van der Waals surface area contributed by atoms with E-state index in [1.54, 1.807) is 18.2 Å². The third kappa shape index (κ3) is 3.70. The first-order chi connectivity index (χ1) is 13.0. The second kappa shape index (κ2) is 7.54. The second-order valence-corrected chi connectivity index (χ2v) is 5.49. The molecule has 0 fully saturated rings. The van der Waals surface area contributed by atoms with Gasteiger partial charge in [-0.15, -0.1) is 0 Å². The van der Waals surface area contributed by atoms with Gasteiger partial charge in [-0.1, -0.05) is 18.2 Å². The van der Waals surface area contributed by atoms with Crippen molar-refractivity contribution in [1.29, 1.82) is 5.26 Å². The van der Waals surface area contributed by atoms with Crippen LogP contribution in [0.3, 0.4) is 0 Å². The number of nitriles is 1. The highest BCUT2D eigenvalue weighted by Crippen LogP contribution is 2.35. The Labute approximate surface area is 153 Å². The summed E-state index contributed by atoms with van der Waals surface area (Å²) in [6.07, 6.45) is 1.41. The monoisotopic (exact) mass is 364 g/mol. The minimum absolute atomic E-state index is 0.0972. The average Bonchev–Trinajstić information content (AvgIpc) is 3.14. The zero-order valence-electron chi connectivity index (χ0n) is 14.2. The highest BCUT2D eigenvalue weighted by atomic mass is 19.1. The van der Waals surface area contributed by atoms with Gasteiger partial charge in [0.15, 0.2) is 0 Å². The predicted molar refractivity (Wildman–Crippen MR) is 97.2 cm³/mol. The number of hydrogen-bond donors (Lipinski definition) is 0. The van der Waals surface area contributed by atoms with E-state index in [1.807, 2.05) is 6.07 Å². The van der Waals surface area contributed by atoms with E-state index in [0.29, 0.717) is 22.8 Å². The Bertz CT molecular complexity index is 1080. The van der Waals surface area contributed by atoms with Crippen LogP contribution >= 0.6 is 0 Å². The lowest BCUT2D eigenvalue weighted by atomic mass is 10.1. The summed E-state index contributed by atoms with van der Waals surface area (Å²) < 4.78 is 24.8. The first-order valence-corrected chi connectivity index (χ1v) is 7.83. The van der Waals surface area contributed by atoms with E-state index < -0.39 is 10.7 Å². The molecule has 134 valence electrons. The molecule has 1 heterocycles. The molecule has 0 N–H and O–H groups in total. The van der Waals surface area contributed by atoms with E-state index in [2.05, 4.69) is 0 Å². The van der Waals surface area contributed by atoms with Gasteiger partial charge in [0.05, 0.1) is 29.2 Å². The fourth-order valence-electron chi connectivity index (χ4n) is 2.57. The lowest BCUT2D eigenvalue weighted by molar-refractivity contribution is -0.384. The molecule has 0 atom stereocenters. The average molecular weight is 364 g/mol. The summed E-state index contributed by atoms with van der Waals surface area (Å²) in [5, 5.41) is 20.4. The molecule has 0 radical (unpaired) electrons. The number of hydrogen-bond acceptors (Lipinski definition) is 5. The maximum Gasteiger partial charge on any atom is 0.270 e. The topological polar surface area (TPSA) is 89.3 Å². The standard InChI is InChI=1S/C20H13FN2O4/c1-26-19-8-6-14(23(24)25)11-17(19)20-9-7-15(27-20)10-13(12-22)16-4-2-3-5-18(16)21/h2-11H,1H3. The molecule has 7 heteroatoms. The van der Waals surface area contributed by atoms with Crippen molar-refractivity contribution >= 4 is 17.3 Å². The van der Waals surface area contributed by atoms with Gasteiger partial charge in [0, 0.05) is 17.7 Å². The second-order valence-electron chi connectivity index (χ2n) is 5.49. The largest absolute Gasteiger partial charge is 0.496 e. The van der Waals surface area contributed by atoms with Crippen molar-refractivity contribution in [2.24, 2.45) is 0 Å². The van der Waals surface area contributed by atoms with Gasteiger partial charge in [-0.2, -0.15) is 5.26 Å². The molecule has 0 aliphatic rings. The molecule has 0 bridgehead atoms. The Morgan fingerprint density at radius 3 is 2.70 bits per heavy atom. The molecule has 0 spiro atoms. The van der Waals surface area contributed by atoms with Crippen LogP contribution in [0, 0.1) is 27.3 Å². The molecule has 6 nitrogen and oxygen atoms in total. The van der Waals surface area contributed by atoms with E-state index in [4.69, 9.17) is 9.15 Å². The number of methoxy groups -OCH3 is 1. The molecule has 0 saturated carbocycles. The minimum Gasteiger partial charge on any atom is -0.496 e. The molecule has 0 aliphatic carbocycles. The summed E-state index contributed by atoms with van der Waals surface area (Å²) in [5.74, 6) is 0.517. The van der Waals surface area contributed by atoms with Crippen LogP contribution in [-0.4, -0.2) is 12.0 Å². The van der Waals surface area contributed by atoms with E-state index in [-0.39, 0.29) is 16.8 Å². The van der Waals surface area contributed by atoms with Crippen LogP contribution in [0.5, 0.6) is 5.75 Å². The van der Waals surface area contributed by atoms with Gasteiger partial charge in [0.25, 0.3) is 5.69 Å². The van der Waals surface area contributed by atoms with Crippen molar-refractivity contribution in [2.75, 3.05) is 7.11 Å². The molecule has 0 saturated heterocycles. The Balaban J connectivity index is 2.03. The van der Waals surface area contributed by atoms with Crippen molar-refractivity contribution in [1.82, 2.24) is 0 Å². The summed E-state index contributed by atoms with van der Waals surface area (Å²) in [6, 6.07) is 15.2. The highest BCUT2D eigenvalue weighted by Gasteiger charge is 2.16. The van der Waals surface area contributed by atoms with Crippen LogP contribution in [0.4, 0.5) is 10.1 Å². The molecule has 2 aromatic carbocycles. The summed E-state index contributed by atoms with van der Waals surface area (Å²) in [7, 11) is 1.44. The van der Waals surface area contributed by atoms with Gasteiger partial charge in [-0.3, -0.25) is 10.1 Å². The molecular formula is C20H13FN2O4. The SMILES string of the molecule is COc1ccc([N+](=O)[O-])cc1-c1ccc(C=C(C#N)c2ccccc2F)o1. The third-order valence-corrected chi connectivity index (χ3v) is 3.86. The smallest absolute Gasteiger partial charge is 0.270 e. The number of ether oxygens (including phenoxy) is 1. The number of furan rings is 1. The Hall–Kier alpha value is -3.92. The third-order valence-electron chi connectivity index (χ3n) is 3.86. The molecule has 1 aromatic heterocycles. The molecule has 3 aromatic rings. The Morgan fingerprint density at radius 1 is 1.26 bits per heavy atom. The summed E-state index contributed by atoms with van der Waals surface area (Å²) in [5.41, 5.74) is 0.546. The first kappa shape index (κ1) is 17.9. The van der Waals surface area contributed by atoms with Crippen LogP contribution in [0.1, 0.15) is 11.3 Å². The van der Waals surface area contributed by atoms with Gasteiger partial charge in [0.1, 0.15) is 23.1 Å². The van der Waals surface area contributed by atoms with Crippen molar-refractivity contribution in [2.45, 2.75) is 0 Å². The minimum atomic E-state index is -0.516. The number of allylic oxidation sites excluding steroid dienone is 1. The lowest BCUT2D eigenvalue weighted by Crippen LogP contribution is -1.91. The quantitative estimate of drug-likeness (QED) is 0.358. The normalized spacial score (nSPS) is 11.1. The number of benzene rings is 2. The number of nitrogens with zero attached hydrogens (tertiary/aromatic N) is 2. The van der Waals surface area contributed by atoms with Gasteiger partial charge in [0.2, 0.25) is 0 Å². The fraction of sp³-hybridized carbons (Fsp3) is 0.0500. The molecule has 3 rings (SSSR count). The molecule has 0 aliphatic heterocycles. The predicted octanol–water partition coefficient (Wildman–Crippen LogP) is 5.07. The lowest BCUT2D eigenvalue weighted by Gasteiger charge is -2.05. The molecular weight excluding hydrogens is 351 g/mol. The van der Waals surface area contributed by atoms with Crippen molar-refractivity contribution in [3.63, 3.8) is 0 Å². The number of halogens is 1. The van der Waals surface area contributed by atoms with Crippen molar-refractivity contribution in [3.8, 4) is 23.1 Å². The summed E-state index contributed by atoms with van der Waals surface area (Å²) in [6.45, 7) is 0. The fourth-order valence-corrected chi connectivity index (χ4v) is 2.57. The van der Waals surface area contributed by atoms with Crippen LogP contribution < -0.4 is 4.74 Å². The van der Waals surface area contributed by atoms with Gasteiger partial charge < -0.3 is 9.15 Å². The number of non-ortho nitro benzene ring substituents is 1. The van der Waals surface area contributed by atoms with Crippen LogP contribution in [-0.2, 0) is 0 Å². The number of rotatable bonds is 5. The van der Waals surface area contributed by atoms with Crippen LogP contribution in [0.2, 0.25) is 0 Å². The van der Waals surface area contributed by atoms with Gasteiger partial charge in [-0.25, -0.2) is 4.39 Å². The highest BCUT2D eigenvalue weighted by molar-refractivity contribution is 5.89. The van der Waals surface area contributed by atoms with E-state index in [1.165, 1.54) is 49.6 Å². The zero-order valence-corrected chi connectivity index (χ0v) is 14.2. The maximum absolute atomic E-state index is 13.9. The van der Waals surface area contributed by atoms with Gasteiger partial charge >= 0.3 is 0 Å². The van der Waals surface area contributed by atoms with Crippen molar-refractivity contribution < 1.29 is 18.5 Å². The Morgan fingerprint density at radius 2 is 2.04 bits per heavy atom. The Kier molecular flexibility index (Phi) is 4.99. The number of nitro benzene ring substituents is 1. The van der Waals surface area contributed by atoms with E-state index in [0.717, 1.165) is 0 Å². The molecule has 0 amide bonds. The van der Waals surface area contributed by atoms with Crippen molar-refractivity contribution in [3.05, 3.63) is 81.9 Å². The van der Waals surface area contributed by atoms with Crippen LogP contribution in [0.25, 0.3) is 23.0 Å². The summed E-state index contributed by atoms with van der Waals surface area (Å²) >= 11 is 0. The number of nitro groups is 1. The summed E-state index contributed by atoms with van der Waals surface area (Å²) in [4.78, 5) is 10.5. The molecule has 27 heavy (non-hydrogen) atoms. The zero-order chi connectivity index (χ0) is 19.4. The molecule has 0 unspecified atom stereocenters. The van der Waals surface area contributed by atoms with Crippen LogP contribution in [0.15, 0.2) is 59.0 Å². The maximum atomic E-state index is 13.9.